The van der Waals surface area contributed by atoms with E-state index >= 15 is 0 Å². The summed E-state index contributed by atoms with van der Waals surface area (Å²) >= 11 is 0. The highest BCUT2D eigenvalue weighted by molar-refractivity contribution is 14.0. The van der Waals surface area contributed by atoms with Crippen LogP contribution in [-0.2, 0) is 11.2 Å². The highest BCUT2D eigenvalue weighted by Gasteiger charge is 2.23. The predicted octanol–water partition coefficient (Wildman–Crippen LogP) is 3.62. The van der Waals surface area contributed by atoms with Gasteiger partial charge in [-0.1, -0.05) is 30.3 Å². The second-order valence-electron chi connectivity index (χ2n) is 7.39. The van der Waals surface area contributed by atoms with Crippen LogP contribution in [0.5, 0.6) is 5.75 Å². The number of hydrogen-bond acceptors (Lipinski definition) is 4. The summed E-state index contributed by atoms with van der Waals surface area (Å²) in [5.74, 6) is 1.45. The quantitative estimate of drug-likeness (QED) is 0.281. The molecule has 1 atom stereocenters. The standard InChI is InChI=1S/C24H33FN4O2.HI/c1-3-31-23-7-5-4-6-20(23)12-13-27-24(26-2)28-18-22(29-14-16-30-17-15-29)19-8-10-21(25)11-9-19;/h4-11,22H,3,12-18H2,1-2H3,(H2,26,27,28);1H. The minimum absolute atomic E-state index is 0. The van der Waals surface area contributed by atoms with Gasteiger partial charge < -0.3 is 20.1 Å². The van der Waals surface area contributed by atoms with Gasteiger partial charge in [0.05, 0.1) is 25.9 Å². The molecule has 2 aromatic carbocycles. The second-order valence-corrected chi connectivity index (χ2v) is 7.39. The largest absolute Gasteiger partial charge is 0.494 e. The van der Waals surface area contributed by atoms with Crippen molar-refractivity contribution in [1.29, 1.82) is 0 Å². The van der Waals surface area contributed by atoms with E-state index in [2.05, 4.69) is 26.6 Å². The van der Waals surface area contributed by atoms with Crippen molar-refractivity contribution >= 4 is 29.9 Å². The first-order valence-electron chi connectivity index (χ1n) is 10.9. The number of benzene rings is 2. The molecule has 3 rings (SSSR count). The molecule has 1 saturated heterocycles. The molecule has 32 heavy (non-hydrogen) atoms. The van der Waals surface area contributed by atoms with Gasteiger partial charge in [-0.2, -0.15) is 0 Å². The molecule has 0 spiro atoms. The minimum Gasteiger partial charge on any atom is -0.494 e. The Morgan fingerprint density at radius 1 is 1.12 bits per heavy atom. The van der Waals surface area contributed by atoms with E-state index in [1.165, 1.54) is 17.7 Å². The molecule has 1 heterocycles. The smallest absolute Gasteiger partial charge is 0.191 e. The summed E-state index contributed by atoms with van der Waals surface area (Å²) in [5, 5.41) is 6.82. The van der Waals surface area contributed by atoms with E-state index in [1.54, 1.807) is 7.05 Å². The molecule has 2 N–H and O–H groups in total. The molecule has 8 heteroatoms. The first-order chi connectivity index (χ1) is 15.2. The van der Waals surface area contributed by atoms with Gasteiger partial charge in [0.1, 0.15) is 11.6 Å². The Hall–Kier alpha value is -1.91. The average Bonchev–Trinajstić information content (AvgIpc) is 2.81. The minimum atomic E-state index is -0.220. The first-order valence-corrected chi connectivity index (χ1v) is 10.9. The highest BCUT2D eigenvalue weighted by atomic mass is 127. The third-order valence-electron chi connectivity index (χ3n) is 5.39. The molecule has 0 amide bonds. The third kappa shape index (κ3) is 7.90. The molecule has 0 saturated carbocycles. The van der Waals surface area contributed by atoms with E-state index in [0.717, 1.165) is 43.3 Å². The van der Waals surface area contributed by atoms with Crippen LogP contribution in [0.4, 0.5) is 4.39 Å². The van der Waals surface area contributed by atoms with Crippen molar-refractivity contribution in [3.8, 4) is 5.75 Å². The fourth-order valence-electron chi connectivity index (χ4n) is 3.77. The van der Waals surface area contributed by atoms with Gasteiger partial charge in [0.15, 0.2) is 5.96 Å². The number of ether oxygens (including phenoxy) is 2. The Kier molecular flexibility index (Phi) is 11.8. The Balaban J connectivity index is 0.00000363. The van der Waals surface area contributed by atoms with Crippen molar-refractivity contribution in [3.05, 3.63) is 65.5 Å². The molecule has 1 aliphatic heterocycles. The topological polar surface area (TPSA) is 58.1 Å². The lowest BCUT2D eigenvalue weighted by atomic mass is 10.0. The lowest BCUT2D eigenvalue weighted by molar-refractivity contribution is 0.0170. The molecule has 0 bridgehead atoms. The number of rotatable bonds is 9. The molecule has 0 aliphatic carbocycles. The normalized spacial score (nSPS) is 15.5. The predicted molar refractivity (Wildman–Crippen MR) is 138 cm³/mol. The number of para-hydroxylation sites is 1. The van der Waals surface area contributed by atoms with E-state index in [4.69, 9.17) is 9.47 Å². The molecule has 0 radical (unpaired) electrons. The van der Waals surface area contributed by atoms with E-state index < -0.39 is 0 Å². The van der Waals surface area contributed by atoms with Crippen molar-refractivity contribution in [3.63, 3.8) is 0 Å². The zero-order valence-electron chi connectivity index (χ0n) is 18.9. The summed E-state index contributed by atoms with van der Waals surface area (Å²) in [5.41, 5.74) is 2.25. The van der Waals surface area contributed by atoms with Crippen LogP contribution in [-0.4, -0.2) is 63.9 Å². The number of hydrogen-bond donors (Lipinski definition) is 2. The number of halogens is 2. The van der Waals surface area contributed by atoms with Crippen LogP contribution in [0.1, 0.15) is 24.1 Å². The van der Waals surface area contributed by atoms with Crippen molar-refractivity contribution in [1.82, 2.24) is 15.5 Å². The maximum absolute atomic E-state index is 13.4. The van der Waals surface area contributed by atoms with Gasteiger partial charge in [-0.25, -0.2) is 4.39 Å². The SMILES string of the molecule is CCOc1ccccc1CCNC(=NC)NCC(c1ccc(F)cc1)N1CCOCC1.I. The number of aliphatic imine (C=N–C) groups is 1. The molecule has 0 aromatic heterocycles. The second kappa shape index (κ2) is 14.3. The van der Waals surface area contributed by atoms with Crippen LogP contribution in [0.15, 0.2) is 53.5 Å². The number of guanidine groups is 1. The van der Waals surface area contributed by atoms with Gasteiger partial charge in [-0.15, -0.1) is 24.0 Å². The monoisotopic (exact) mass is 556 g/mol. The average molecular weight is 556 g/mol. The molecule has 2 aromatic rings. The molecule has 1 fully saturated rings. The summed E-state index contributed by atoms with van der Waals surface area (Å²) < 4.78 is 24.6. The van der Waals surface area contributed by atoms with Crippen LogP contribution in [0, 0.1) is 5.82 Å². The summed E-state index contributed by atoms with van der Waals surface area (Å²) in [7, 11) is 1.77. The number of nitrogens with zero attached hydrogens (tertiary/aromatic N) is 2. The zero-order valence-corrected chi connectivity index (χ0v) is 21.2. The van der Waals surface area contributed by atoms with Gasteiger partial charge in [-0.05, 0) is 42.7 Å². The Morgan fingerprint density at radius 3 is 2.53 bits per heavy atom. The van der Waals surface area contributed by atoms with E-state index in [1.807, 2.05) is 37.3 Å². The van der Waals surface area contributed by atoms with Crippen molar-refractivity contribution < 1.29 is 13.9 Å². The number of nitrogens with one attached hydrogen (secondary N) is 2. The van der Waals surface area contributed by atoms with Crippen LogP contribution in [0.25, 0.3) is 0 Å². The van der Waals surface area contributed by atoms with E-state index in [9.17, 15) is 4.39 Å². The van der Waals surface area contributed by atoms with Gasteiger partial charge in [0.2, 0.25) is 0 Å². The highest BCUT2D eigenvalue weighted by Crippen LogP contribution is 2.22. The van der Waals surface area contributed by atoms with Crippen molar-refractivity contribution in [2.75, 3.05) is 53.0 Å². The van der Waals surface area contributed by atoms with Crippen LogP contribution < -0.4 is 15.4 Å². The summed E-state index contributed by atoms with van der Waals surface area (Å²) in [6.45, 7) is 7.18. The van der Waals surface area contributed by atoms with Gasteiger partial charge in [0, 0.05) is 33.2 Å². The maximum atomic E-state index is 13.4. The Labute approximate surface area is 207 Å². The van der Waals surface area contributed by atoms with Gasteiger partial charge >= 0.3 is 0 Å². The van der Waals surface area contributed by atoms with Gasteiger partial charge in [-0.3, -0.25) is 9.89 Å². The maximum Gasteiger partial charge on any atom is 0.191 e. The molecular formula is C24H34FIN4O2. The molecule has 176 valence electrons. The summed E-state index contributed by atoms with van der Waals surface area (Å²) in [4.78, 5) is 6.73. The van der Waals surface area contributed by atoms with Crippen LogP contribution >= 0.6 is 24.0 Å². The van der Waals surface area contributed by atoms with Crippen LogP contribution in [0.3, 0.4) is 0 Å². The summed E-state index contributed by atoms with van der Waals surface area (Å²) in [6, 6.07) is 15.0. The zero-order chi connectivity index (χ0) is 21.9. The lowest BCUT2D eigenvalue weighted by Crippen LogP contribution is -2.46. The molecule has 1 unspecified atom stereocenters. The fraction of sp³-hybridized carbons (Fsp3) is 0.458. The van der Waals surface area contributed by atoms with E-state index in [-0.39, 0.29) is 35.8 Å². The summed E-state index contributed by atoms with van der Waals surface area (Å²) in [6.07, 6.45) is 0.835. The van der Waals surface area contributed by atoms with Crippen molar-refractivity contribution in [2.24, 2.45) is 4.99 Å². The Bertz CT molecular complexity index is 829. The van der Waals surface area contributed by atoms with E-state index in [0.29, 0.717) is 26.4 Å². The first kappa shape index (κ1) is 26.3. The van der Waals surface area contributed by atoms with Gasteiger partial charge in [0.25, 0.3) is 0 Å². The molecule has 6 nitrogen and oxygen atoms in total. The molecular weight excluding hydrogens is 522 g/mol. The lowest BCUT2D eigenvalue weighted by Gasteiger charge is -2.35. The fourth-order valence-corrected chi connectivity index (χ4v) is 3.77. The number of morpholine rings is 1. The van der Waals surface area contributed by atoms with Crippen molar-refractivity contribution in [2.45, 2.75) is 19.4 Å². The molecule has 1 aliphatic rings. The van der Waals surface area contributed by atoms with Crippen LogP contribution in [0.2, 0.25) is 0 Å². The third-order valence-corrected chi connectivity index (χ3v) is 5.39. The Morgan fingerprint density at radius 2 is 1.84 bits per heavy atom.